The van der Waals surface area contributed by atoms with Crippen molar-refractivity contribution < 1.29 is 14.3 Å². The van der Waals surface area contributed by atoms with Crippen LogP contribution in [0.1, 0.15) is 12.8 Å². The number of ether oxygens (including phenoxy) is 2. The number of nitrogens with one attached hydrogen (secondary N) is 1. The minimum absolute atomic E-state index is 0.0283. The van der Waals surface area contributed by atoms with Gasteiger partial charge in [0, 0.05) is 31.9 Å². The standard InChI is InChI=1S/C16H25N3O3/c1-21-14-5-3-12(4-6-14)18-16(20)11-19-8-7-15(22-2)9-13(19)10-17/h3-6,13,15H,7-11,17H2,1-2H3,(H,18,20). The predicted molar refractivity (Wildman–Crippen MR) is 86.1 cm³/mol. The molecule has 6 nitrogen and oxygen atoms in total. The molecule has 1 amide bonds. The second-order valence-electron chi connectivity index (χ2n) is 5.52. The van der Waals surface area contributed by atoms with Gasteiger partial charge >= 0.3 is 0 Å². The fourth-order valence-corrected chi connectivity index (χ4v) is 2.79. The first-order valence-electron chi connectivity index (χ1n) is 7.57. The number of hydrogen-bond acceptors (Lipinski definition) is 5. The number of nitrogens with two attached hydrogens (primary N) is 1. The van der Waals surface area contributed by atoms with Gasteiger partial charge in [-0.25, -0.2) is 0 Å². The van der Waals surface area contributed by atoms with Crippen molar-refractivity contribution in [2.45, 2.75) is 25.0 Å². The Labute approximate surface area is 131 Å². The predicted octanol–water partition coefficient (Wildman–Crippen LogP) is 1.07. The number of carbonyl (C=O) groups excluding carboxylic acids is 1. The Bertz CT molecular complexity index is 478. The van der Waals surface area contributed by atoms with Crippen molar-refractivity contribution in [2.75, 3.05) is 39.2 Å². The Kier molecular flexibility index (Phi) is 6.18. The van der Waals surface area contributed by atoms with Crippen LogP contribution < -0.4 is 15.8 Å². The highest BCUT2D eigenvalue weighted by Crippen LogP contribution is 2.19. The summed E-state index contributed by atoms with van der Waals surface area (Å²) < 4.78 is 10.5. The molecule has 22 heavy (non-hydrogen) atoms. The van der Waals surface area contributed by atoms with Gasteiger partial charge in [0.15, 0.2) is 0 Å². The SMILES string of the molecule is COc1ccc(NC(=O)CN2CCC(OC)CC2CN)cc1. The Morgan fingerprint density at radius 2 is 2.09 bits per heavy atom. The van der Waals surface area contributed by atoms with Crippen LogP contribution in [0, 0.1) is 0 Å². The van der Waals surface area contributed by atoms with E-state index in [1.807, 2.05) is 24.3 Å². The Balaban J connectivity index is 1.87. The van der Waals surface area contributed by atoms with Gasteiger partial charge in [0.2, 0.25) is 5.91 Å². The molecule has 1 aromatic carbocycles. The van der Waals surface area contributed by atoms with Crippen LogP contribution in [0.3, 0.4) is 0 Å². The van der Waals surface area contributed by atoms with Crippen molar-refractivity contribution in [1.29, 1.82) is 0 Å². The number of amides is 1. The maximum absolute atomic E-state index is 12.2. The first-order valence-corrected chi connectivity index (χ1v) is 7.57. The molecule has 0 saturated carbocycles. The molecule has 0 radical (unpaired) electrons. The molecule has 1 aliphatic heterocycles. The number of hydrogen-bond donors (Lipinski definition) is 2. The summed E-state index contributed by atoms with van der Waals surface area (Å²) in [5.74, 6) is 0.738. The lowest BCUT2D eigenvalue weighted by Crippen LogP contribution is -2.50. The van der Waals surface area contributed by atoms with Crippen molar-refractivity contribution in [3.63, 3.8) is 0 Å². The fraction of sp³-hybridized carbons (Fsp3) is 0.562. The number of rotatable bonds is 6. The number of piperidine rings is 1. The smallest absolute Gasteiger partial charge is 0.238 e. The summed E-state index contributed by atoms with van der Waals surface area (Å²) in [5.41, 5.74) is 6.59. The van der Waals surface area contributed by atoms with Crippen molar-refractivity contribution >= 4 is 11.6 Å². The topological polar surface area (TPSA) is 76.8 Å². The quantitative estimate of drug-likeness (QED) is 0.822. The van der Waals surface area contributed by atoms with Crippen LogP contribution in [-0.4, -0.2) is 56.8 Å². The number of nitrogens with zero attached hydrogens (tertiary/aromatic N) is 1. The van der Waals surface area contributed by atoms with E-state index in [4.69, 9.17) is 15.2 Å². The van der Waals surface area contributed by atoms with E-state index in [9.17, 15) is 4.79 Å². The molecular formula is C16H25N3O3. The average molecular weight is 307 g/mol. The van der Waals surface area contributed by atoms with E-state index >= 15 is 0 Å². The van der Waals surface area contributed by atoms with Crippen molar-refractivity contribution in [1.82, 2.24) is 4.90 Å². The van der Waals surface area contributed by atoms with E-state index in [1.165, 1.54) is 0 Å². The van der Waals surface area contributed by atoms with E-state index < -0.39 is 0 Å². The summed E-state index contributed by atoms with van der Waals surface area (Å²) in [5, 5.41) is 2.90. The van der Waals surface area contributed by atoms with Gasteiger partial charge in [-0.05, 0) is 37.1 Å². The normalized spacial score (nSPS) is 22.3. The highest BCUT2D eigenvalue weighted by molar-refractivity contribution is 5.92. The van der Waals surface area contributed by atoms with Gasteiger partial charge in [0.1, 0.15) is 5.75 Å². The third-order valence-electron chi connectivity index (χ3n) is 4.12. The molecule has 2 unspecified atom stereocenters. The fourth-order valence-electron chi connectivity index (χ4n) is 2.79. The zero-order valence-electron chi connectivity index (χ0n) is 13.2. The third-order valence-corrected chi connectivity index (χ3v) is 4.12. The number of likely N-dealkylation sites (tertiary alicyclic amines) is 1. The molecule has 2 rings (SSSR count). The largest absolute Gasteiger partial charge is 0.497 e. The Morgan fingerprint density at radius 3 is 2.68 bits per heavy atom. The van der Waals surface area contributed by atoms with Gasteiger partial charge in [0.25, 0.3) is 0 Å². The van der Waals surface area contributed by atoms with Gasteiger partial charge in [-0.1, -0.05) is 0 Å². The molecule has 3 N–H and O–H groups in total. The highest BCUT2D eigenvalue weighted by Gasteiger charge is 2.28. The van der Waals surface area contributed by atoms with E-state index in [-0.39, 0.29) is 18.1 Å². The summed E-state index contributed by atoms with van der Waals surface area (Å²) >= 11 is 0. The molecule has 1 aliphatic rings. The van der Waals surface area contributed by atoms with Gasteiger partial charge in [-0.3, -0.25) is 9.69 Å². The maximum Gasteiger partial charge on any atom is 0.238 e. The van der Waals surface area contributed by atoms with E-state index in [2.05, 4.69) is 10.2 Å². The van der Waals surface area contributed by atoms with Gasteiger partial charge in [-0.15, -0.1) is 0 Å². The lowest BCUT2D eigenvalue weighted by atomic mass is 9.99. The first kappa shape index (κ1) is 16.7. The molecule has 0 spiro atoms. The first-order chi connectivity index (χ1) is 10.7. The number of benzene rings is 1. The minimum atomic E-state index is -0.0283. The van der Waals surface area contributed by atoms with Crippen LogP contribution in [0.25, 0.3) is 0 Å². The van der Waals surface area contributed by atoms with Crippen LogP contribution in [0.5, 0.6) is 5.75 Å². The van der Waals surface area contributed by atoms with Crippen LogP contribution in [0.15, 0.2) is 24.3 Å². The molecule has 122 valence electrons. The molecule has 1 aromatic rings. The maximum atomic E-state index is 12.2. The molecule has 0 aromatic heterocycles. The molecule has 1 saturated heterocycles. The molecule has 1 fully saturated rings. The Morgan fingerprint density at radius 1 is 1.36 bits per heavy atom. The summed E-state index contributed by atoms with van der Waals surface area (Å²) in [7, 11) is 3.34. The molecule has 0 aliphatic carbocycles. The minimum Gasteiger partial charge on any atom is -0.497 e. The second-order valence-corrected chi connectivity index (χ2v) is 5.52. The van der Waals surface area contributed by atoms with Gasteiger partial charge < -0.3 is 20.5 Å². The van der Waals surface area contributed by atoms with E-state index in [0.29, 0.717) is 13.1 Å². The molecule has 1 heterocycles. The molecule has 6 heteroatoms. The number of anilines is 1. The van der Waals surface area contributed by atoms with E-state index in [1.54, 1.807) is 14.2 Å². The van der Waals surface area contributed by atoms with Crippen LogP contribution in [-0.2, 0) is 9.53 Å². The Hall–Kier alpha value is -1.63. The number of methoxy groups -OCH3 is 2. The zero-order valence-corrected chi connectivity index (χ0v) is 13.2. The van der Waals surface area contributed by atoms with Crippen molar-refractivity contribution in [3.05, 3.63) is 24.3 Å². The summed E-state index contributed by atoms with van der Waals surface area (Å²) in [6, 6.07) is 7.49. The van der Waals surface area contributed by atoms with Crippen molar-refractivity contribution in [3.8, 4) is 5.75 Å². The average Bonchev–Trinajstić information content (AvgIpc) is 2.55. The lowest BCUT2D eigenvalue weighted by Gasteiger charge is -2.37. The van der Waals surface area contributed by atoms with Crippen molar-refractivity contribution in [2.24, 2.45) is 5.73 Å². The second kappa shape index (κ2) is 8.12. The van der Waals surface area contributed by atoms with Crippen LogP contribution >= 0.6 is 0 Å². The molecule has 2 atom stereocenters. The lowest BCUT2D eigenvalue weighted by molar-refractivity contribution is -0.118. The van der Waals surface area contributed by atoms with Crippen LogP contribution in [0.2, 0.25) is 0 Å². The van der Waals surface area contributed by atoms with E-state index in [0.717, 1.165) is 30.8 Å². The molecular weight excluding hydrogens is 282 g/mol. The van der Waals surface area contributed by atoms with Gasteiger partial charge in [0.05, 0.1) is 19.8 Å². The van der Waals surface area contributed by atoms with Crippen LogP contribution in [0.4, 0.5) is 5.69 Å². The van der Waals surface area contributed by atoms with Gasteiger partial charge in [-0.2, -0.15) is 0 Å². The highest BCUT2D eigenvalue weighted by atomic mass is 16.5. The summed E-state index contributed by atoms with van der Waals surface area (Å²) in [4.78, 5) is 14.3. The summed E-state index contributed by atoms with van der Waals surface area (Å²) in [6.07, 6.45) is 2.06. The zero-order chi connectivity index (χ0) is 15.9. The number of carbonyl (C=O) groups is 1. The monoisotopic (exact) mass is 307 g/mol. The summed E-state index contributed by atoms with van der Waals surface area (Å²) in [6.45, 7) is 1.72. The third kappa shape index (κ3) is 4.43. The molecule has 0 bridgehead atoms.